The van der Waals surface area contributed by atoms with E-state index in [4.69, 9.17) is 14.2 Å². The second-order valence-electron chi connectivity index (χ2n) is 20.6. The maximum absolute atomic E-state index is 12.8. The molecule has 0 aliphatic rings. The first-order valence-electron chi connectivity index (χ1n) is 31.4. The van der Waals surface area contributed by atoms with Gasteiger partial charge in [-0.2, -0.15) is 0 Å². The highest BCUT2D eigenvalue weighted by Gasteiger charge is 2.19. The van der Waals surface area contributed by atoms with Crippen LogP contribution in [0.1, 0.15) is 290 Å². The fourth-order valence-electron chi connectivity index (χ4n) is 8.62. The van der Waals surface area contributed by atoms with E-state index >= 15 is 0 Å². The molecule has 1 unspecified atom stereocenters. The van der Waals surface area contributed by atoms with Crippen molar-refractivity contribution in [3.63, 3.8) is 0 Å². The van der Waals surface area contributed by atoms with Crippen molar-refractivity contribution in [2.24, 2.45) is 0 Å². The van der Waals surface area contributed by atoms with Gasteiger partial charge < -0.3 is 14.2 Å². The van der Waals surface area contributed by atoms with E-state index in [2.05, 4.69) is 130 Å². The lowest BCUT2D eigenvalue weighted by atomic mass is 10.0. The fourth-order valence-corrected chi connectivity index (χ4v) is 8.62. The van der Waals surface area contributed by atoms with Crippen molar-refractivity contribution in [1.29, 1.82) is 0 Å². The fraction of sp³-hybridized carbons (Fsp3) is 0.696. The largest absolute Gasteiger partial charge is 0.462 e. The summed E-state index contributed by atoms with van der Waals surface area (Å²) in [5, 5.41) is 0. The maximum Gasteiger partial charge on any atom is 0.306 e. The van der Waals surface area contributed by atoms with Crippen LogP contribution in [0.4, 0.5) is 0 Å². The van der Waals surface area contributed by atoms with Crippen LogP contribution >= 0.6 is 0 Å². The summed E-state index contributed by atoms with van der Waals surface area (Å²) in [6, 6.07) is 0. The predicted octanol–water partition coefficient (Wildman–Crippen LogP) is 21.4. The van der Waals surface area contributed by atoms with Gasteiger partial charge in [0.05, 0.1) is 0 Å². The van der Waals surface area contributed by atoms with Crippen LogP contribution in [0.2, 0.25) is 0 Å². The zero-order valence-electron chi connectivity index (χ0n) is 49.0. The Balaban J connectivity index is 4.26. The molecule has 0 aliphatic carbocycles. The topological polar surface area (TPSA) is 78.9 Å². The van der Waals surface area contributed by atoms with Gasteiger partial charge in [0.1, 0.15) is 13.2 Å². The number of unbranched alkanes of at least 4 members (excludes halogenated alkanes) is 27. The van der Waals surface area contributed by atoms with E-state index in [0.29, 0.717) is 19.3 Å². The Kier molecular flexibility index (Phi) is 59.3. The lowest BCUT2D eigenvalue weighted by molar-refractivity contribution is -0.167. The van der Waals surface area contributed by atoms with Crippen molar-refractivity contribution in [3.8, 4) is 0 Å². The van der Waals surface area contributed by atoms with Crippen molar-refractivity contribution in [2.75, 3.05) is 13.2 Å². The highest BCUT2D eigenvalue weighted by atomic mass is 16.6. The number of allylic oxidation sites excluding steroid dienone is 18. The third-order valence-corrected chi connectivity index (χ3v) is 13.3. The molecule has 0 aromatic rings. The molecule has 0 bridgehead atoms. The minimum absolute atomic E-state index is 0.0941. The van der Waals surface area contributed by atoms with Gasteiger partial charge in [0.25, 0.3) is 0 Å². The van der Waals surface area contributed by atoms with E-state index in [1.165, 1.54) is 141 Å². The Morgan fingerprint density at radius 3 is 0.813 bits per heavy atom. The van der Waals surface area contributed by atoms with Crippen LogP contribution in [0.25, 0.3) is 0 Å². The van der Waals surface area contributed by atoms with E-state index < -0.39 is 6.10 Å². The molecule has 0 heterocycles. The number of ether oxygens (including phenoxy) is 3. The summed E-state index contributed by atoms with van der Waals surface area (Å²) < 4.78 is 16.8. The van der Waals surface area contributed by atoms with Crippen molar-refractivity contribution in [1.82, 2.24) is 0 Å². The molecule has 0 aromatic carbocycles. The third-order valence-electron chi connectivity index (χ3n) is 13.3. The molecule has 0 amide bonds. The van der Waals surface area contributed by atoms with Crippen LogP contribution in [0.5, 0.6) is 0 Å². The molecule has 0 aromatic heterocycles. The Bertz CT molecular complexity index is 1520. The van der Waals surface area contributed by atoms with Gasteiger partial charge in [0.2, 0.25) is 0 Å². The molecule has 0 N–H and O–H groups in total. The van der Waals surface area contributed by atoms with Crippen molar-refractivity contribution >= 4 is 17.9 Å². The summed E-state index contributed by atoms with van der Waals surface area (Å²) in [7, 11) is 0. The molecule has 0 saturated heterocycles. The Morgan fingerprint density at radius 2 is 0.520 bits per heavy atom. The molecule has 0 aliphatic heterocycles. The quantitative estimate of drug-likeness (QED) is 0.0261. The third kappa shape index (κ3) is 60.8. The first kappa shape index (κ1) is 71.1. The predicted molar refractivity (Wildman–Crippen MR) is 325 cm³/mol. The van der Waals surface area contributed by atoms with Crippen LogP contribution in [0, 0.1) is 0 Å². The van der Waals surface area contributed by atoms with Crippen LogP contribution in [-0.4, -0.2) is 37.2 Å². The monoisotopic (exact) mass is 1040 g/mol. The highest BCUT2D eigenvalue weighted by Crippen LogP contribution is 2.16. The molecule has 1 atom stereocenters. The summed E-state index contributed by atoms with van der Waals surface area (Å²) in [5.74, 6) is -0.956. The van der Waals surface area contributed by atoms with E-state index in [1.807, 2.05) is 0 Å². The molecular weight excluding hydrogens is 925 g/mol. The first-order chi connectivity index (χ1) is 37.0. The summed E-state index contributed by atoms with van der Waals surface area (Å²) in [5.41, 5.74) is 0. The summed E-state index contributed by atoms with van der Waals surface area (Å²) in [6.45, 7) is 6.46. The molecule has 0 spiro atoms. The lowest BCUT2D eigenvalue weighted by Crippen LogP contribution is -2.30. The van der Waals surface area contributed by atoms with Crippen molar-refractivity contribution in [3.05, 3.63) is 109 Å². The number of rotatable bonds is 56. The van der Waals surface area contributed by atoms with Gasteiger partial charge in [0.15, 0.2) is 6.10 Å². The van der Waals surface area contributed by atoms with Crippen LogP contribution in [0.15, 0.2) is 109 Å². The van der Waals surface area contributed by atoms with Gasteiger partial charge in [-0.25, -0.2) is 0 Å². The Labute approximate surface area is 463 Å². The Hall–Kier alpha value is -3.93. The highest BCUT2D eigenvalue weighted by molar-refractivity contribution is 5.71. The van der Waals surface area contributed by atoms with Crippen LogP contribution in [0.3, 0.4) is 0 Å². The minimum Gasteiger partial charge on any atom is -0.462 e. The molecule has 0 saturated carbocycles. The second-order valence-corrected chi connectivity index (χ2v) is 20.6. The van der Waals surface area contributed by atoms with Crippen molar-refractivity contribution in [2.45, 2.75) is 297 Å². The summed E-state index contributed by atoms with van der Waals surface area (Å²) in [6.07, 6.45) is 85.5. The smallest absolute Gasteiger partial charge is 0.306 e. The maximum atomic E-state index is 12.8. The lowest BCUT2D eigenvalue weighted by Gasteiger charge is -2.18. The first-order valence-corrected chi connectivity index (χ1v) is 31.4. The molecule has 428 valence electrons. The van der Waals surface area contributed by atoms with Gasteiger partial charge in [-0.05, 0) is 83.5 Å². The van der Waals surface area contributed by atoms with Crippen LogP contribution in [-0.2, 0) is 28.6 Å². The van der Waals surface area contributed by atoms with E-state index in [0.717, 1.165) is 103 Å². The van der Waals surface area contributed by atoms with Crippen LogP contribution < -0.4 is 0 Å². The standard InChI is InChI=1S/C69H116O6/c1-4-7-10-13-16-18-20-22-24-26-28-30-31-32-33-34-35-36-37-39-40-42-44-46-48-50-53-56-59-62-68(71)74-65-66(64-73-67(70)61-58-55-52-15-12-9-6-3)75-69(72)63-60-57-54-51-49-47-45-43-41-38-29-27-25-23-21-19-17-14-11-8-5-2/h7,10,16,18,22,24,28,30,32-33,35-36,39-40,44,46,50,53,66H,4-6,8-9,11-15,17,19-21,23,25-27,29,31,34,37-38,41-43,45,47-49,51-52,54-65H2,1-3H3/b10-7-,18-16-,24-22-,30-28-,33-32-,36-35-,40-39-,46-44-,53-50-. The number of hydrogen-bond donors (Lipinski definition) is 0. The molecule has 6 heteroatoms. The molecule has 0 fully saturated rings. The van der Waals surface area contributed by atoms with E-state index in [1.54, 1.807) is 0 Å². The second kappa shape index (κ2) is 62.6. The van der Waals surface area contributed by atoms with Crippen molar-refractivity contribution < 1.29 is 28.6 Å². The molecule has 75 heavy (non-hydrogen) atoms. The number of esters is 3. The SMILES string of the molecule is CC/C=C\C/C=C\C/C=C\C/C=C\C/C=C\C/C=C\C/C=C\C/C=C\C/C=C\CCCC(=O)OCC(COC(=O)CCCCCCCCC)OC(=O)CCCCCCCCCCCCCCCCCCCCCCC. The summed E-state index contributed by atoms with van der Waals surface area (Å²) >= 11 is 0. The zero-order chi connectivity index (χ0) is 54.3. The summed E-state index contributed by atoms with van der Waals surface area (Å²) in [4.78, 5) is 38.0. The van der Waals surface area contributed by atoms with E-state index in [-0.39, 0.29) is 37.5 Å². The van der Waals surface area contributed by atoms with E-state index in [9.17, 15) is 14.4 Å². The van der Waals surface area contributed by atoms with Gasteiger partial charge in [-0.15, -0.1) is 0 Å². The normalized spacial score (nSPS) is 12.8. The molecule has 6 nitrogen and oxygen atoms in total. The van der Waals surface area contributed by atoms with Gasteiger partial charge in [0, 0.05) is 19.3 Å². The zero-order valence-corrected chi connectivity index (χ0v) is 49.0. The Morgan fingerprint density at radius 1 is 0.280 bits per heavy atom. The average molecular weight is 1040 g/mol. The molecule has 0 radical (unpaired) electrons. The number of hydrogen-bond acceptors (Lipinski definition) is 6. The number of carbonyl (C=O) groups is 3. The van der Waals surface area contributed by atoms with Gasteiger partial charge >= 0.3 is 17.9 Å². The average Bonchev–Trinajstić information content (AvgIpc) is 3.41. The van der Waals surface area contributed by atoms with Gasteiger partial charge in [-0.1, -0.05) is 297 Å². The van der Waals surface area contributed by atoms with Gasteiger partial charge in [-0.3, -0.25) is 14.4 Å². The molecular formula is C69H116O6. The molecule has 0 rings (SSSR count). The number of carbonyl (C=O) groups excluding carboxylic acids is 3. The minimum atomic E-state index is -0.799.